The first-order valence-corrected chi connectivity index (χ1v) is 2.02. The van der Waals surface area contributed by atoms with E-state index in [0.717, 1.165) is 0 Å². The van der Waals surface area contributed by atoms with Crippen LogP contribution in [0.4, 0.5) is 13.2 Å². The molecule has 1 saturated carbocycles. The van der Waals surface area contributed by atoms with Crippen molar-refractivity contribution in [3.05, 3.63) is 5.92 Å². The van der Waals surface area contributed by atoms with Gasteiger partial charge in [-0.25, -0.2) is 0 Å². The summed E-state index contributed by atoms with van der Waals surface area (Å²) in [7, 11) is 0. The van der Waals surface area contributed by atoms with E-state index >= 15 is 0 Å². The quantitative estimate of drug-likeness (QED) is 0.445. The van der Waals surface area contributed by atoms with Gasteiger partial charge >= 0.3 is 6.18 Å². The van der Waals surface area contributed by atoms with Gasteiger partial charge < -0.3 is 0 Å². The maximum Gasteiger partial charge on any atom is 0.395 e. The molecular formula is C4H4F3. The monoisotopic (exact) mass is 109 g/mol. The lowest BCUT2D eigenvalue weighted by molar-refractivity contribution is -0.102. The lowest BCUT2D eigenvalue weighted by atomic mass is 10.4. The smallest absolute Gasteiger partial charge is 0.170 e. The normalized spacial score (nSPS) is 22.7. The average Bonchev–Trinajstić information content (AvgIpc) is 1.99. The molecule has 0 nitrogen and oxygen atoms in total. The molecule has 1 fully saturated rings. The SMILES string of the molecule is FC(F)(F)[C]1CC1. The number of rotatable bonds is 0. The topological polar surface area (TPSA) is 0 Å². The molecule has 0 aromatic carbocycles. The Morgan fingerprint density at radius 2 is 1.57 bits per heavy atom. The summed E-state index contributed by atoms with van der Waals surface area (Å²) in [5.74, 6) is -0.257. The molecule has 0 aromatic heterocycles. The van der Waals surface area contributed by atoms with Crippen molar-refractivity contribution in [3.63, 3.8) is 0 Å². The van der Waals surface area contributed by atoms with Crippen molar-refractivity contribution in [3.8, 4) is 0 Å². The zero-order chi connectivity index (χ0) is 5.49. The van der Waals surface area contributed by atoms with Gasteiger partial charge in [-0.15, -0.1) is 0 Å². The van der Waals surface area contributed by atoms with E-state index in [2.05, 4.69) is 0 Å². The van der Waals surface area contributed by atoms with Crippen LogP contribution >= 0.6 is 0 Å². The molecule has 0 aromatic rings. The lowest BCUT2D eigenvalue weighted by Gasteiger charge is -1.98. The Balaban J connectivity index is 2.36. The second-order valence-electron chi connectivity index (χ2n) is 1.60. The van der Waals surface area contributed by atoms with E-state index in [1.165, 1.54) is 0 Å². The summed E-state index contributed by atoms with van der Waals surface area (Å²) < 4.78 is 33.6. The molecule has 0 bridgehead atoms. The van der Waals surface area contributed by atoms with Crippen LogP contribution in [0.5, 0.6) is 0 Å². The van der Waals surface area contributed by atoms with Crippen LogP contribution in [0.3, 0.4) is 0 Å². The Bertz CT molecular complexity index is 69.5. The number of alkyl halides is 3. The van der Waals surface area contributed by atoms with Crippen LogP contribution in [0.25, 0.3) is 0 Å². The van der Waals surface area contributed by atoms with Crippen LogP contribution in [0.15, 0.2) is 0 Å². The van der Waals surface area contributed by atoms with Crippen LogP contribution < -0.4 is 0 Å². The first-order chi connectivity index (χ1) is 3.11. The minimum Gasteiger partial charge on any atom is -0.170 e. The van der Waals surface area contributed by atoms with Crippen molar-refractivity contribution >= 4 is 0 Å². The van der Waals surface area contributed by atoms with Gasteiger partial charge in [-0.2, -0.15) is 13.2 Å². The third kappa shape index (κ3) is 1.08. The fourth-order valence-electron chi connectivity index (χ4n) is 0.346. The van der Waals surface area contributed by atoms with E-state index in [9.17, 15) is 13.2 Å². The zero-order valence-corrected chi connectivity index (χ0v) is 3.55. The highest BCUT2D eigenvalue weighted by molar-refractivity contribution is 5.11. The molecule has 41 valence electrons. The number of hydrogen-bond acceptors (Lipinski definition) is 0. The van der Waals surface area contributed by atoms with Gasteiger partial charge in [0.1, 0.15) is 0 Å². The predicted molar refractivity (Wildman–Crippen MR) is 18.5 cm³/mol. The van der Waals surface area contributed by atoms with Gasteiger partial charge in [0, 0.05) is 0 Å². The second kappa shape index (κ2) is 1.14. The summed E-state index contributed by atoms with van der Waals surface area (Å²) in [6, 6.07) is 0. The van der Waals surface area contributed by atoms with Crippen LogP contribution in [-0.4, -0.2) is 6.18 Å². The van der Waals surface area contributed by atoms with Crippen molar-refractivity contribution in [2.75, 3.05) is 0 Å². The van der Waals surface area contributed by atoms with E-state index in [-0.39, 0.29) is 18.8 Å². The molecule has 0 atom stereocenters. The molecule has 0 N–H and O–H groups in total. The van der Waals surface area contributed by atoms with Gasteiger partial charge in [0.25, 0.3) is 0 Å². The van der Waals surface area contributed by atoms with Crippen molar-refractivity contribution in [1.82, 2.24) is 0 Å². The number of halogens is 3. The molecule has 0 unspecified atom stereocenters. The van der Waals surface area contributed by atoms with Gasteiger partial charge in [0.15, 0.2) is 0 Å². The summed E-state index contributed by atoms with van der Waals surface area (Å²) in [4.78, 5) is 0. The Morgan fingerprint density at radius 3 is 1.57 bits per heavy atom. The van der Waals surface area contributed by atoms with Gasteiger partial charge in [0.2, 0.25) is 0 Å². The molecular weight excluding hydrogens is 105 g/mol. The predicted octanol–water partition coefficient (Wildman–Crippen LogP) is 1.92. The highest BCUT2D eigenvalue weighted by atomic mass is 19.4. The Hall–Kier alpha value is -0.210. The van der Waals surface area contributed by atoms with Crippen molar-refractivity contribution in [1.29, 1.82) is 0 Å². The van der Waals surface area contributed by atoms with E-state index < -0.39 is 6.18 Å². The molecule has 0 heterocycles. The number of hydrogen-bond donors (Lipinski definition) is 0. The van der Waals surface area contributed by atoms with Crippen LogP contribution in [0.1, 0.15) is 12.8 Å². The van der Waals surface area contributed by atoms with Gasteiger partial charge in [-0.1, -0.05) is 0 Å². The van der Waals surface area contributed by atoms with Gasteiger partial charge in [0.05, 0.1) is 5.92 Å². The molecule has 7 heavy (non-hydrogen) atoms. The standard InChI is InChI=1S/C4H4F3/c5-4(6,7)3-1-2-3/h1-2H2. The van der Waals surface area contributed by atoms with E-state index in [1.54, 1.807) is 0 Å². The van der Waals surface area contributed by atoms with Gasteiger partial charge in [-0.05, 0) is 12.8 Å². The van der Waals surface area contributed by atoms with Crippen molar-refractivity contribution in [2.45, 2.75) is 19.0 Å². The average molecular weight is 109 g/mol. The van der Waals surface area contributed by atoms with Crippen molar-refractivity contribution < 1.29 is 13.2 Å². The minimum absolute atomic E-state index is 0.257. The molecule has 3 heteroatoms. The summed E-state index contributed by atoms with van der Waals surface area (Å²) in [5, 5.41) is 0. The summed E-state index contributed by atoms with van der Waals surface area (Å²) in [6.07, 6.45) is -3.44. The zero-order valence-electron chi connectivity index (χ0n) is 3.55. The largest absolute Gasteiger partial charge is 0.395 e. The molecule has 1 aliphatic carbocycles. The lowest BCUT2D eigenvalue weighted by Crippen LogP contribution is -2.07. The fraction of sp³-hybridized carbons (Fsp3) is 0.750. The first kappa shape index (κ1) is 4.94. The van der Waals surface area contributed by atoms with E-state index in [0.29, 0.717) is 0 Å². The molecule has 0 aliphatic heterocycles. The highest BCUT2D eigenvalue weighted by Gasteiger charge is 2.47. The van der Waals surface area contributed by atoms with Crippen LogP contribution in [0.2, 0.25) is 0 Å². The van der Waals surface area contributed by atoms with E-state index in [4.69, 9.17) is 0 Å². The molecule has 0 amide bonds. The molecule has 1 aliphatic rings. The summed E-state index contributed by atoms with van der Waals surface area (Å²) >= 11 is 0. The maximum atomic E-state index is 11.2. The van der Waals surface area contributed by atoms with Crippen molar-refractivity contribution in [2.24, 2.45) is 0 Å². The maximum absolute atomic E-state index is 11.2. The first-order valence-electron chi connectivity index (χ1n) is 2.02. The highest BCUT2D eigenvalue weighted by Crippen LogP contribution is 2.46. The van der Waals surface area contributed by atoms with Crippen LogP contribution in [-0.2, 0) is 0 Å². The molecule has 0 spiro atoms. The Morgan fingerprint density at radius 1 is 1.14 bits per heavy atom. The Kier molecular flexibility index (Phi) is 0.805. The molecule has 1 rings (SSSR count). The third-order valence-corrected chi connectivity index (χ3v) is 0.901. The van der Waals surface area contributed by atoms with E-state index in [1.807, 2.05) is 0 Å². The second-order valence-corrected chi connectivity index (χ2v) is 1.60. The molecule has 1 radical (unpaired) electrons. The minimum atomic E-state index is -3.97. The van der Waals surface area contributed by atoms with Gasteiger partial charge in [-0.3, -0.25) is 0 Å². The fourth-order valence-corrected chi connectivity index (χ4v) is 0.346. The summed E-state index contributed by atoms with van der Waals surface area (Å²) in [6.45, 7) is 0. The third-order valence-electron chi connectivity index (χ3n) is 0.901. The Labute approximate surface area is 39.3 Å². The van der Waals surface area contributed by atoms with Crippen LogP contribution in [0, 0.1) is 5.92 Å². The molecule has 0 saturated heterocycles. The summed E-state index contributed by atoms with van der Waals surface area (Å²) in [5.41, 5.74) is 0.